The quantitative estimate of drug-likeness (QED) is 0.851. The summed E-state index contributed by atoms with van der Waals surface area (Å²) in [5.41, 5.74) is 9.58. The maximum atomic E-state index is 5.96. The number of benzene rings is 1. The summed E-state index contributed by atoms with van der Waals surface area (Å²) in [5, 5.41) is 3.87. The van der Waals surface area contributed by atoms with E-state index in [-0.39, 0.29) is 0 Å². The van der Waals surface area contributed by atoms with E-state index in [0.29, 0.717) is 16.5 Å². The van der Waals surface area contributed by atoms with E-state index in [0.717, 1.165) is 16.8 Å². The molecule has 0 saturated heterocycles. The minimum atomic E-state index is 0.629. The van der Waals surface area contributed by atoms with Gasteiger partial charge in [-0.05, 0) is 43.2 Å². The number of hydrogen-bond donors (Lipinski definition) is 2. The maximum Gasteiger partial charge on any atom is 0.153 e. The molecule has 0 spiro atoms. The van der Waals surface area contributed by atoms with Gasteiger partial charge in [-0.15, -0.1) is 0 Å². The molecular formula is C13H14ClN3. The number of nitrogens with two attached hydrogens (primary N) is 1. The van der Waals surface area contributed by atoms with E-state index in [1.165, 1.54) is 0 Å². The van der Waals surface area contributed by atoms with E-state index in [4.69, 9.17) is 17.3 Å². The number of aryl methyl sites for hydroxylation is 2. The zero-order valence-electron chi connectivity index (χ0n) is 9.79. The molecule has 0 atom stereocenters. The number of hydrogen-bond acceptors (Lipinski definition) is 3. The van der Waals surface area contributed by atoms with Crippen molar-refractivity contribution in [1.82, 2.24) is 4.98 Å². The van der Waals surface area contributed by atoms with Gasteiger partial charge in [0.1, 0.15) is 0 Å². The van der Waals surface area contributed by atoms with Crippen molar-refractivity contribution in [2.24, 2.45) is 0 Å². The Balaban J connectivity index is 2.34. The monoisotopic (exact) mass is 247 g/mol. The molecule has 1 aromatic heterocycles. The van der Waals surface area contributed by atoms with Gasteiger partial charge in [-0.25, -0.2) is 4.98 Å². The van der Waals surface area contributed by atoms with Crippen molar-refractivity contribution in [3.05, 3.63) is 46.6 Å². The number of rotatable bonds is 2. The first-order valence-corrected chi connectivity index (χ1v) is 5.69. The highest BCUT2D eigenvalue weighted by molar-refractivity contribution is 6.30. The van der Waals surface area contributed by atoms with E-state index in [2.05, 4.69) is 10.3 Å². The lowest BCUT2D eigenvalue weighted by Crippen LogP contribution is -2.00. The van der Waals surface area contributed by atoms with E-state index in [9.17, 15) is 0 Å². The molecule has 17 heavy (non-hydrogen) atoms. The highest BCUT2D eigenvalue weighted by atomic mass is 35.5. The van der Waals surface area contributed by atoms with Crippen molar-refractivity contribution < 1.29 is 0 Å². The van der Waals surface area contributed by atoms with E-state index in [1.54, 1.807) is 6.20 Å². The smallest absolute Gasteiger partial charge is 0.153 e. The predicted molar refractivity (Wildman–Crippen MR) is 72.9 cm³/mol. The first-order chi connectivity index (χ1) is 8.06. The van der Waals surface area contributed by atoms with Crippen molar-refractivity contribution in [2.45, 2.75) is 13.8 Å². The van der Waals surface area contributed by atoms with Crippen LogP contribution in [-0.4, -0.2) is 4.98 Å². The van der Waals surface area contributed by atoms with Crippen LogP contribution >= 0.6 is 11.6 Å². The van der Waals surface area contributed by atoms with Gasteiger partial charge in [-0.2, -0.15) is 0 Å². The number of nitrogens with one attached hydrogen (secondary N) is 1. The summed E-state index contributed by atoms with van der Waals surface area (Å²) in [6, 6.07) is 7.55. The Morgan fingerprint density at radius 1 is 1.24 bits per heavy atom. The minimum absolute atomic E-state index is 0.629. The van der Waals surface area contributed by atoms with Crippen LogP contribution in [0, 0.1) is 13.8 Å². The summed E-state index contributed by atoms with van der Waals surface area (Å²) in [4.78, 5) is 4.26. The second kappa shape index (κ2) is 4.63. The van der Waals surface area contributed by atoms with E-state index in [1.807, 2.05) is 38.1 Å². The number of nitrogen functional groups attached to an aromatic ring is 1. The summed E-state index contributed by atoms with van der Waals surface area (Å²) in [7, 11) is 0. The van der Waals surface area contributed by atoms with Gasteiger partial charge in [0, 0.05) is 16.9 Å². The fourth-order valence-corrected chi connectivity index (χ4v) is 1.72. The van der Waals surface area contributed by atoms with Gasteiger partial charge in [0.2, 0.25) is 0 Å². The molecule has 3 nitrogen and oxygen atoms in total. The van der Waals surface area contributed by atoms with Crippen molar-refractivity contribution >= 4 is 28.8 Å². The Bertz CT molecular complexity index is 552. The summed E-state index contributed by atoms with van der Waals surface area (Å²) in [6.45, 7) is 3.96. The summed E-state index contributed by atoms with van der Waals surface area (Å²) in [6.07, 6.45) is 1.78. The van der Waals surface area contributed by atoms with Crippen molar-refractivity contribution in [3.8, 4) is 0 Å². The first-order valence-electron chi connectivity index (χ1n) is 5.31. The molecule has 4 heteroatoms. The molecule has 0 unspecified atom stereocenters. The summed E-state index contributed by atoms with van der Waals surface area (Å²) in [5.74, 6) is 0.654. The van der Waals surface area contributed by atoms with Crippen LogP contribution in [0.5, 0.6) is 0 Å². The van der Waals surface area contributed by atoms with Crippen molar-refractivity contribution in [2.75, 3.05) is 11.1 Å². The third kappa shape index (κ3) is 2.68. The third-order valence-electron chi connectivity index (χ3n) is 2.51. The zero-order valence-corrected chi connectivity index (χ0v) is 10.5. The molecule has 0 radical (unpaired) electrons. The van der Waals surface area contributed by atoms with Gasteiger partial charge in [0.15, 0.2) is 5.82 Å². The molecule has 1 aromatic carbocycles. The standard InChI is InChI=1S/C13H14ClN3/c1-8-5-11(15)13(16-7-8)17-12-6-10(14)4-3-9(12)2/h3-7H,15H2,1-2H3,(H,16,17). The SMILES string of the molecule is Cc1cnc(Nc2cc(Cl)ccc2C)c(N)c1. The molecule has 88 valence electrons. The van der Waals surface area contributed by atoms with Crippen LogP contribution in [0.25, 0.3) is 0 Å². The zero-order chi connectivity index (χ0) is 12.4. The number of pyridine rings is 1. The Labute approximate surface area is 106 Å². The number of nitrogens with zero attached hydrogens (tertiary/aromatic N) is 1. The van der Waals surface area contributed by atoms with E-state index >= 15 is 0 Å². The van der Waals surface area contributed by atoms with Crippen LogP contribution in [0.2, 0.25) is 5.02 Å². The van der Waals surface area contributed by atoms with Gasteiger partial charge in [-0.1, -0.05) is 17.7 Å². The summed E-state index contributed by atoms with van der Waals surface area (Å²) < 4.78 is 0. The van der Waals surface area contributed by atoms with Crippen LogP contribution in [0.1, 0.15) is 11.1 Å². The molecule has 0 saturated carbocycles. The molecule has 0 aliphatic rings. The number of aromatic nitrogens is 1. The Kier molecular flexibility index (Phi) is 3.20. The van der Waals surface area contributed by atoms with Gasteiger partial charge >= 0.3 is 0 Å². The predicted octanol–water partition coefficient (Wildman–Crippen LogP) is 3.68. The Morgan fingerprint density at radius 3 is 2.71 bits per heavy atom. The second-order valence-electron chi connectivity index (χ2n) is 4.03. The lowest BCUT2D eigenvalue weighted by molar-refractivity contribution is 1.26. The normalized spacial score (nSPS) is 10.3. The highest BCUT2D eigenvalue weighted by Gasteiger charge is 2.04. The fraction of sp³-hybridized carbons (Fsp3) is 0.154. The molecule has 0 fully saturated rings. The molecular weight excluding hydrogens is 234 g/mol. The number of anilines is 3. The van der Waals surface area contributed by atoms with Crippen LogP contribution in [0.15, 0.2) is 30.5 Å². The van der Waals surface area contributed by atoms with Crippen molar-refractivity contribution in [3.63, 3.8) is 0 Å². The topological polar surface area (TPSA) is 50.9 Å². The van der Waals surface area contributed by atoms with Gasteiger partial charge in [0.05, 0.1) is 5.69 Å². The average Bonchev–Trinajstić information content (AvgIpc) is 2.27. The Hall–Kier alpha value is -1.74. The van der Waals surface area contributed by atoms with Gasteiger partial charge < -0.3 is 11.1 Å². The molecule has 0 bridgehead atoms. The first kappa shape index (κ1) is 11.7. The molecule has 1 heterocycles. The molecule has 0 aliphatic heterocycles. The van der Waals surface area contributed by atoms with Crippen molar-refractivity contribution in [1.29, 1.82) is 0 Å². The van der Waals surface area contributed by atoms with Gasteiger partial charge in [-0.3, -0.25) is 0 Å². The Morgan fingerprint density at radius 2 is 2.00 bits per heavy atom. The lowest BCUT2D eigenvalue weighted by atomic mass is 10.2. The molecule has 2 aromatic rings. The fourth-order valence-electron chi connectivity index (χ4n) is 1.55. The van der Waals surface area contributed by atoms with Crippen LogP contribution < -0.4 is 11.1 Å². The van der Waals surface area contributed by atoms with Crippen LogP contribution in [0.4, 0.5) is 17.2 Å². The third-order valence-corrected chi connectivity index (χ3v) is 2.74. The van der Waals surface area contributed by atoms with Gasteiger partial charge in [0.25, 0.3) is 0 Å². The second-order valence-corrected chi connectivity index (χ2v) is 4.47. The maximum absolute atomic E-state index is 5.96. The summed E-state index contributed by atoms with van der Waals surface area (Å²) >= 11 is 5.96. The highest BCUT2D eigenvalue weighted by Crippen LogP contribution is 2.26. The van der Waals surface area contributed by atoms with Crippen LogP contribution in [0.3, 0.4) is 0 Å². The molecule has 2 rings (SSSR count). The molecule has 0 amide bonds. The lowest BCUT2D eigenvalue weighted by Gasteiger charge is -2.11. The van der Waals surface area contributed by atoms with E-state index < -0.39 is 0 Å². The average molecular weight is 248 g/mol. The molecule has 0 aliphatic carbocycles. The minimum Gasteiger partial charge on any atom is -0.396 e. The largest absolute Gasteiger partial charge is 0.396 e. The number of halogens is 1. The van der Waals surface area contributed by atoms with Crippen LogP contribution in [-0.2, 0) is 0 Å². The molecule has 3 N–H and O–H groups in total.